The van der Waals surface area contributed by atoms with Crippen LogP contribution in [0.5, 0.6) is 0 Å². The van der Waals surface area contributed by atoms with Crippen LogP contribution in [0, 0.1) is 40.7 Å². The third kappa shape index (κ3) is 2.02. The predicted molar refractivity (Wildman–Crippen MR) is 49.4 cm³/mol. The van der Waals surface area contributed by atoms with Crippen molar-refractivity contribution in [2.75, 3.05) is 0 Å². The van der Waals surface area contributed by atoms with Crippen LogP contribution < -0.4 is 0 Å². The van der Waals surface area contributed by atoms with E-state index >= 15 is 0 Å². The van der Waals surface area contributed by atoms with Gasteiger partial charge in [0.25, 0.3) is 0 Å². The van der Waals surface area contributed by atoms with Crippen molar-refractivity contribution in [3.05, 3.63) is 53.0 Å². The molecule has 1 heterocycles. The van der Waals surface area contributed by atoms with Gasteiger partial charge in [-0.05, 0) is 0 Å². The molecule has 8 heteroatoms. The summed E-state index contributed by atoms with van der Waals surface area (Å²) in [6.45, 7) is 0. The molecule has 0 aliphatic rings. The predicted octanol–water partition coefficient (Wildman–Crippen LogP) is 3.72. The molecule has 19 heavy (non-hydrogen) atoms. The van der Waals surface area contributed by atoms with Crippen LogP contribution in [0.4, 0.5) is 30.7 Å². The topological polar surface area (TPSA) is 12.9 Å². The molecule has 0 saturated carbocycles. The molecule has 0 radical (unpaired) electrons. The number of aromatic nitrogens is 1. The van der Waals surface area contributed by atoms with E-state index in [2.05, 4.69) is 4.98 Å². The third-order valence-corrected chi connectivity index (χ3v) is 2.25. The zero-order valence-corrected chi connectivity index (χ0v) is 8.75. The van der Waals surface area contributed by atoms with E-state index in [4.69, 9.17) is 0 Å². The van der Waals surface area contributed by atoms with Gasteiger partial charge >= 0.3 is 0 Å². The highest BCUT2D eigenvalue weighted by molar-refractivity contribution is 5.61. The molecule has 0 spiro atoms. The molecule has 0 amide bonds. The van der Waals surface area contributed by atoms with E-state index in [0.717, 1.165) is 0 Å². The minimum absolute atomic E-state index is 0.209. The standard InChI is InChI=1S/C11H2F7N/c12-3-1-4(13)11(19-2-3)5-6(14)8(16)10(18)9(17)7(5)15/h1-2H. The summed E-state index contributed by atoms with van der Waals surface area (Å²) in [7, 11) is 0. The van der Waals surface area contributed by atoms with E-state index in [1.54, 1.807) is 0 Å². The summed E-state index contributed by atoms with van der Waals surface area (Å²) in [6, 6.07) is 0.209. The van der Waals surface area contributed by atoms with Crippen molar-refractivity contribution in [3.8, 4) is 11.3 Å². The first-order chi connectivity index (χ1) is 8.84. The summed E-state index contributed by atoms with van der Waals surface area (Å²) in [5.74, 6) is -14.0. The van der Waals surface area contributed by atoms with Crippen LogP contribution in [0.25, 0.3) is 11.3 Å². The Labute approximate surface area is 101 Å². The van der Waals surface area contributed by atoms with Crippen molar-refractivity contribution in [3.63, 3.8) is 0 Å². The second kappa shape index (κ2) is 4.52. The third-order valence-electron chi connectivity index (χ3n) is 2.25. The Kier molecular flexibility index (Phi) is 3.17. The molecule has 100 valence electrons. The van der Waals surface area contributed by atoms with Crippen LogP contribution in [0.2, 0.25) is 0 Å². The van der Waals surface area contributed by atoms with E-state index in [1.165, 1.54) is 0 Å². The van der Waals surface area contributed by atoms with Gasteiger partial charge in [0.1, 0.15) is 11.5 Å². The molecule has 0 atom stereocenters. The first kappa shape index (κ1) is 13.3. The van der Waals surface area contributed by atoms with Gasteiger partial charge in [0, 0.05) is 6.07 Å². The fourth-order valence-electron chi connectivity index (χ4n) is 1.41. The molecule has 0 bridgehead atoms. The van der Waals surface area contributed by atoms with Gasteiger partial charge in [0.15, 0.2) is 29.1 Å². The molecule has 0 aliphatic heterocycles. The van der Waals surface area contributed by atoms with Crippen LogP contribution in [-0.2, 0) is 0 Å². The summed E-state index contributed by atoms with van der Waals surface area (Å²) in [4.78, 5) is 3.00. The largest absolute Gasteiger partial charge is 0.250 e. The van der Waals surface area contributed by atoms with Gasteiger partial charge in [-0.25, -0.2) is 35.7 Å². The van der Waals surface area contributed by atoms with Crippen molar-refractivity contribution in [1.29, 1.82) is 0 Å². The summed E-state index contributed by atoms with van der Waals surface area (Å²) < 4.78 is 91.2. The normalized spacial score (nSPS) is 10.9. The molecule has 1 aromatic heterocycles. The molecule has 0 unspecified atom stereocenters. The van der Waals surface area contributed by atoms with Crippen molar-refractivity contribution in [2.45, 2.75) is 0 Å². The van der Waals surface area contributed by atoms with Gasteiger partial charge in [-0.2, -0.15) is 0 Å². The van der Waals surface area contributed by atoms with E-state index in [1.807, 2.05) is 0 Å². The summed E-state index contributed by atoms with van der Waals surface area (Å²) >= 11 is 0. The highest BCUT2D eigenvalue weighted by Crippen LogP contribution is 2.31. The number of hydrogen-bond donors (Lipinski definition) is 0. The van der Waals surface area contributed by atoms with Gasteiger partial charge in [0.2, 0.25) is 5.82 Å². The molecule has 2 rings (SSSR count). The molecule has 0 aliphatic carbocycles. The molecular formula is C11H2F7N. The number of nitrogens with zero attached hydrogens (tertiary/aromatic N) is 1. The highest BCUT2D eigenvalue weighted by atomic mass is 19.2. The molecular weight excluding hydrogens is 279 g/mol. The monoisotopic (exact) mass is 281 g/mol. The zero-order chi connectivity index (χ0) is 14.3. The smallest absolute Gasteiger partial charge is 0.200 e. The van der Waals surface area contributed by atoms with Gasteiger partial charge in [-0.15, -0.1) is 0 Å². The number of hydrogen-bond acceptors (Lipinski definition) is 1. The number of benzene rings is 1. The lowest BCUT2D eigenvalue weighted by Crippen LogP contribution is -2.06. The maximum absolute atomic E-state index is 13.3. The van der Waals surface area contributed by atoms with Gasteiger partial charge < -0.3 is 0 Å². The molecule has 1 nitrogen and oxygen atoms in total. The first-order valence-corrected chi connectivity index (χ1v) is 4.67. The van der Waals surface area contributed by atoms with Crippen LogP contribution in [0.15, 0.2) is 12.3 Å². The minimum atomic E-state index is -2.37. The summed E-state index contributed by atoms with van der Waals surface area (Å²) in [5.41, 5.74) is -2.72. The Balaban J connectivity index is 2.83. The average Bonchev–Trinajstić information content (AvgIpc) is 2.37. The van der Waals surface area contributed by atoms with Gasteiger partial charge in [-0.1, -0.05) is 0 Å². The van der Waals surface area contributed by atoms with Crippen molar-refractivity contribution < 1.29 is 30.7 Å². The van der Waals surface area contributed by atoms with E-state index < -0.39 is 52.0 Å². The Morgan fingerprint density at radius 1 is 0.684 bits per heavy atom. The van der Waals surface area contributed by atoms with Crippen LogP contribution in [0.1, 0.15) is 0 Å². The maximum atomic E-state index is 13.3. The van der Waals surface area contributed by atoms with E-state index in [-0.39, 0.29) is 6.07 Å². The number of pyridine rings is 1. The molecule has 2 aromatic rings. The highest BCUT2D eigenvalue weighted by Gasteiger charge is 2.28. The first-order valence-electron chi connectivity index (χ1n) is 4.67. The van der Waals surface area contributed by atoms with Crippen LogP contribution >= 0.6 is 0 Å². The Morgan fingerprint density at radius 3 is 1.63 bits per heavy atom. The Bertz CT molecular complexity index is 640. The second-order valence-corrected chi connectivity index (χ2v) is 3.43. The quantitative estimate of drug-likeness (QED) is 0.441. The lowest BCUT2D eigenvalue weighted by molar-refractivity contribution is 0.380. The zero-order valence-electron chi connectivity index (χ0n) is 8.75. The summed E-state index contributed by atoms with van der Waals surface area (Å²) in [5, 5.41) is 0. The van der Waals surface area contributed by atoms with Crippen molar-refractivity contribution >= 4 is 0 Å². The van der Waals surface area contributed by atoms with Crippen molar-refractivity contribution in [2.24, 2.45) is 0 Å². The number of rotatable bonds is 1. The Morgan fingerprint density at radius 2 is 1.16 bits per heavy atom. The second-order valence-electron chi connectivity index (χ2n) is 3.43. The van der Waals surface area contributed by atoms with Crippen molar-refractivity contribution in [1.82, 2.24) is 4.98 Å². The van der Waals surface area contributed by atoms with Gasteiger partial charge in [-0.3, -0.25) is 0 Å². The SMILES string of the molecule is Fc1cnc(-c2c(F)c(F)c(F)c(F)c2F)c(F)c1. The van der Waals surface area contributed by atoms with E-state index in [0.29, 0.717) is 6.20 Å². The van der Waals surface area contributed by atoms with Crippen LogP contribution in [-0.4, -0.2) is 4.98 Å². The molecule has 0 saturated heterocycles. The maximum Gasteiger partial charge on any atom is 0.200 e. The minimum Gasteiger partial charge on any atom is -0.250 e. The van der Waals surface area contributed by atoms with Crippen LogP contribution in [0.3, 0.4) is 0 Å². The molecule has 0 N–H and O–H groups in total. The van der Waals surface area contributed by atoms with E-state index in [9.17, 15) is 30.7 Å². The fraction of sp³-hybridized carbons (Fsp3) is 0. The number of halogens is 7. The lowest BCUT2D eigenvalue weighted by Gasteiger charge is -2.08. The lowest BCUT2D eigenvalue weighted by atomic mass is 10.1. The average molecular weight is 281 g/mol. The molecule has 1 aromatic carbocycles. The molecule has 0 fully saturated rings. The van der Waals surface area contributed by atoms with Gasteiger partial charge in [0.05, 0.1) is 11.8 Å². The summed E-state index contributed by atoms with van der Waals surface area (Å²) in [6.07, 6.45) is 0.385. The Hall–Kier alpha value is -2.12. The fourth-order valence-corrected chi connectivity index (χ4v) is 1.41.